The lowest BCUT2D eigenvalue weighted by Crippen LogP contribution is -2.28. The molecular weight excluding hydrogens is 274 g/mol. The molecule has 0 aliphatic carbocycles. The second-order valence-electron chi connectivity index (χ2n) is 4.60. The van der Waals surface area contributed by atoms with Crippen molar-refractivity contribution in [2.45, 2.75) is 6.92 Å². The molecule has 0 saturated carbocycles. The van der Waals surface area contributed by atoms with Gasteiger partial charge in [0.25, 0.3) is 0 Å². The zero-order chi connectivity index (χ0) is 15.7. The first-order chi connectivity index (χ1) is 10.1. The van der Waals surface area contributed by atoms with Gasteiger partial charge in [-0.05, 0) is 20.0 Å². The summed E-state index contributed by atoms with van der Waals surface area (Å²) in [6, 6.07) is 4.81. The van der Waals surface area contributed by atoms with Crippen molar-refractivity contribution in [3.05, 3.63) is 28.3 Å². The van der Waals surface area contributed by atoms with Crippen molar-refractivity contribution in [1.29, 1.82) is 0 Å². The van der Waals surface area contributed by atoms with Crippen LogP contribution in [0, 0.1) is 10.1 Å². The topological polar surface area (TPSA) is 76.9 Å². The molecule has 7 heteroatoms. The lowest BCUT2D eigenvalue weighted by molar-refractivity contribution is -0.385. The third kappa shape index (κ3) is 5.97. The molecule has 0 aromatic heterocycles. The molecule has 0 saturated heterocycles. The van der Waals surface area contributed by atoms with E-state index in [1.54, 1.807) is 26.2 Å². The molecule has 0 aliphatic heterocycles. The third-order valence-corrected chi connectivity index (χ3v) is 2.96. The SMILES string of the molecule is CCOc1cc(NCCN(C)CCOC)ccc1[N+](=O)[O-]. The summed E-state index contributed by atoms with van der Waals surface area (Å²) in [6.07, 6.45) is 0. The lowest BCUT2D eigenvalue weighted by Gasteiger charge is -2.17. The molecule has 0 unspecified atom stereocenters. The Balaban J connectivity index is 2.55. The molecular formula is C14H23N3O4. The highest BCUT2D eigenvalue weighted by molar-refractivity contribution is 5.58. The lowest BCUT2D eigenvalue weighted by atomic mass is 10.2. The zero-order valence-electron chi connectivity index (χ0n) is 12.8. The minimum Gasteiger partial charge on any atom is -0.487 e. The summed E-state index contributed by atoms with van der Waals surface area (Å²) < 4.78 is 10.3. The van der Waals surface area contributed by atoms with Crippen molar-refractivity contribution >= 4 is 11.4 Å². The maximum atomic E-state index is 10.9. The average Bonchev–Trinajstić information content (AvgIpc) is 2.45. The Kier molecular flexibility index (Phi) is 7.49. The maximum absolute atomic E-state index is 10.9. The van der Waals surface area contributed by atoms with Crippen LogP contribution in [-0.2, 0) is 4.74 Å². The largest absolute Gasteiger partial charge is 0.487 e. The fourth-order valence-corrected chi connectivity index (χ4v) is 1.80. The Bertz CT molecular complexity index is 454. The van der Waals surface area contributed by atoms with Crippen LogP contribution in [0.4, 0.5) is 11.4 Å². The summed E-state index contributed by atoms with van der Waals surface area (Å²) in [5, 5.41) is 14.1. The van der Waals surface area contributed by atoms with Gasteiger partial charge in [-0.1, -0.05) is 0 Å². The van der Waals surface area contributed by atoms with Gasteiger partial charge in [0.1, 0.15) is 0 Å². The third-order valence-electron chi connectivity index (χ3n) is 2.96. The number of ether oxygens (including phenoxy) is 2. The Morgan fingerprint density at radius 2 is 2.14 bits per heavy atom. The van der Waals surface area contributed by atoms with Crippen LogP contribution in [0.1, 0.15) is 6.92 Å². The van der Waals surface area contributed by atoms with Crippen LogP contribution in [0.25, 0.3) is 0 Å². The summed E-state index contributed by atoms with van der Waals surface area (Å²) in [4.78, 5) is 12.6. The first-order valence-corrected chi connectivity index (χ1v) is 6.91. The molecule has 0 fully saturated rings. The van der Waals surface area contributed by atoms with Crippen LogP contribution in [0.2, 0.25) is 0 Å². The summed E-state index contributed by atoms with van der Waals surface area (Å²) in [5.41, 5.74) is 0.795. The number of anilines is 1. The van der Waals surface area contributed by atoms with E-state index in [4.69, 9.17) is 9.47 Å². The fourth-order valence-electron chi connectivity index (χ4n) is 1.80. The summed E-state index contributed by atoms with van der Waals surface area (Å²) >= 11 is 0. The van der Waals surface area contributed by atoms with Crippen molar-refractivity contribution in [3.63, 3.8) is 0 Å². The molecule has 118 valence electrons. The van der Waals surface area contributed by atoms with E-state index in [9.17, 15) is 10.1 Å². The van der Waals surface area contributed by atoms with E-state index in [0.717, 1.165) is 25.3 Å². The smallest absolute Gasteiger partial charge is 0.311 e. The van der Waals surface area contributed by atoms with E-state index in [-0.39, 0.29) is 5.69 Å². The van der Waals surface area contributed by atoms with Gasteiger partial charge in [-0.3, -0.25) is 10.1 Å². The number of hydrogen-bond donors (Lipinski definition) is 1. The fraction of sp³-hybridized carbons (Fsp3) is 0.571. The van der Waals surface area contributed by atoms with Crippen molar-refractivity contribution in [2.24, 2.45) is 0 Å². The number of nitrogens with zero attached hydrogens (tertiary/aromatic N) is 2. The summed E-state index contributed by atoms with van der Waals surface area (Å²) in [7, 11) is 3.69. The summed E-state index contributed by atoms with van der Waals surface area (Å²) in [6.45, 7) is 5.34. The predicted octanol–water partition coefficient (Wildman–Crippen LogP) is 1.98. The number of benzene rings is 1. The number of rotatable bonds is 10. The number of nitro benzene ring substituents is 1. The van der Waals surface area contributed by atoms with Gasteiger partial charge in [-0.15, -0.1) is 0 Å². The Labute approximate surface area is 125 Å². The van der Waals surface area contributed by atoms with E-state index in [1.165, 1.54) is 6.07 Å². The van der Waals surface area contributed by atoms with E-state index >= 15 is 0 Å². The number of likely N-dealkylation sites (N-methyl/N-ethyl adjacent to an activating group) is 1. The highest BCUT2D eigenvalue weighted by atomic mass is 16.6. The molecule has 0 amide bonds. The highest BCUT2D eigenvalue weighted by Crippen LogP contribution is 2.29. The van der Waals surface area contributed by atoms with Crippen LogP contribution in [0.3, 0.4) is 0 Å². The normalized spacial score (nSPS) is 10.7. The maximum Gasteiger partial charge on any atom is 0.311 e. The van der Waals surface area contributed by atoms with Gasteiger partial charge in [0.2, 0.25) is 0 Å². The minimum absolute atomic E-state index is 0.0142. The zero-order valence-corrected chi connectivity index (χ0v) is 12.8. The van der Waals surface area contributed by atoms with Crippen LogP contribution in [0.15, 0.2) is 18.2 Å². The van der Waals surface area contributed by atoms with Crippen LogP contribution < -0.4 is 10.1 Å². The van der Waals surface area contributed by atoms with Crippen molar-refractivity contribution in [2.75, 3.05) is 52.3 Å². The van der Waals surface area contributed by atoms with Crippen LogP contribution >= 0.6 is 0 Å². The second kappa shape index (κ2) is 9.15. The molecule has 1 rings (SSSR count). The van der Waals surface area contributed by atoms with E-state index in [2.05, 4.69) is 10.2 Å². The minimum atomic E-state index is -0.437. The highest BCUT2D eigenvalue weighted by Gasteiger charge is 2.15. The first-order valence-electron chi connectivity index (χ1n) is 6.91. The standard InChI is InChI=1S/C14H23N3O4/c1-4-21-14-11-12(5-6-13(14)17(18)19)15-7-8-16(2)9-10-20-3/h5-6,11,15H,4,7-10H2,1-3H3. The monoisotopic (exact) mass is 297 g/mol. The van der Waals surface area contributed by atoms with Crippen molar-refractivity contribution in [1.82, 2.24) is 4.90 Å². The Morgan fingerprint density at radius 1 is 1.38 bits per heavy atom. The molecule has 1 aromatic rings. The first kappa shape index (κ1) is 17.2. The van der Waals surface area contributed by atoms with Gasteiger partial charge in [0, 0.05) is 44.6 Å². The number of methoxy groups -OCH3 is 1. The number of hydrogen-bond acceptors (Lipinski definition) is 6. The van der Waals surface area contributed by atoms with E-state index in [0.29, 0.717) is 19.0 Å². The molecule has 0 radical (unpaired) electrons. The molecule has 7 nitrogen and oxygen atoms in total. The second-order valence-corrected chi connectivity index (χ2v) is 4.60. The van der Waals surface area contributed by atoms with Crippen molar-refractivity contribution < 1.29 is 14.4 Å². The van der Waals surface area contributed by atoms with Gasteiger partial charge < -0.3 is 19.7 Å². The molecule has 0 heterocycles. The van der Waals surface area contributed by atoms with Crippen LogP contribution in [0.5, 0.6) is 5.75 Å². The quantitative estimate of drug-likeness (QED) is 0.525. The Morgan fingerprint density at radius 3 is 2.76 bits per heavy atom. The molecule has 1 N–H and O–H groups in total. The van der Waals surface area contributed by atoms with Gasteiger partial charge in [-0.2, -0.15) is 0 Å². The van der Waals surface area contributed by atoms with Gasteiger partial charge in [0.05, 0.1) is 18.1 Å². The predicted molar refractivity (Wildman–Crippen MR) is 82.1 cm³/mol. The molecule has 0 aliphatic rings. The van der Waals surface area contributed by atoms with E-state index < -0.39 is 4.92 Å². The molecule has 0 atom stereocenters. The van der Waals surface area contributed by atoms with E-state index in [1.807, 2.05) is 7.05 Å². The molecule has 1 aromatic carbocycles. The number of nitro groups is 1. The number of nitrogens with one attached hydrogen (secondary N) is 1. The molecule has 21 heavy (non-hydrogen) atoms. The summed E-state index contributed by atoms with van der Waals surface area (Å²) in [5.74, 6) is 0.292. The molecule has 0 spiro atoms. The average molecular weight is 297 g/mol. The van der Waals surface area contributed by atoms with Gasteiger partial charge >= 0.3 is 5.69 Å². The molecule has 0 bridgehead atoms. The van der Waals surface area contributed by atoms with Gasteiger partial charge in [0.15, 0.2) is 5.75 Å². The van der Waals surface area contributed by atoms with Gasteiger partial charge in [-0.25, -0.2) is 0 Å². The van der Waals surface area contributed by atoms with Crippen molar-refractivity contribution in [3.8, 4) is 5.75 Å². The van der Waals surface area contributed by atoms with Crippen LogP contribution in [-0.4, -0.2) is 56.8 Å². The Hall–Kier alpha value is -1.86.